The van der Waals surface area contributed by atoms with Gasteiger partial charge in [-0.05, 0) is 55.5 Å². The highest BCUT2D eigenvalue weighted by atomic mass is 79.9. The number of amides is 3. The van der Waals surface area contributed by atoms with Gasteiger partial charge in [0.25, 0.3) is 5.91 Å². The first-order chi connectivity index (χ1) is 23.2. The summed E-state index contributed by atoms with van der Waals surface area (Å²) in [6.07, 6.45) is 3.70. The fraction of sp³-hybridized carbons (Fsp3) is 0.444. The first-order valence-electron chi connectivity index (χ1n) is 16.2. The fourth-order valence-electron chi connectivity index (χ4n) is 7.18. The maximum Gasteiger partial charge on any atom is 0.313 e. The monoisotopic (exact) mass is 741 g/mol. The van der Waals surface area contributed by atoms with E-state index in [-0.39, 0.29) is 55.2 Å². The summed E-state index contributed by atoms with van der Waals surface area (Å²) >= 11 is 9.84. The molecule has 10 nitrogen and oxygen atoms in total. The van der Waals surface area contributed by atoms with Gasteiger partial charge in [-0.2, -0.15) is 0 Å². The zero-order valence-electron chi connectivity index (χ0n) is 26.6. The molecule has 0 saturated carbocycles. The number of alkyl halides is 1. The van der Waals surface area contributed by atoms with Crippen molar-refractivity contribution in [1.29, 1.82) is 0 Å². The van der Waals surface area contributed by atoms with Gasteiger partial charge in [-0.1, -0.05) is 70.0 Å². The Hall–Kier alpha value is -3.51. The Morgan fingerprint density at radius 2 is 1.88 bits per heavy atom. The van der Waals surface area contributed by atoms with E-state index in [0.717, 1.165) is 0 Å². The van der Waals surface area contributed by atoms with E-state index in [1.807, 2.05) is 30.3 Å². The van der Waals surface area contributed by atoms with Gasteiger partial charge in [-0.25, -0.2) is 0 Å². The lowest BCUT2D eigenvalue weighted by molar-refractivity contribution is -0.160. The summed E-state index contributed by atoms with van der Waals surface area (Å²) in [5.74, 6) is -3.54. The van der Waals surface area contributed by atoms with E-state index in [1.54, 1.807) is 41.3 Å². The predicted octanol–water partition coefficient (Wildman–Crippen LogP) is 4.75. The first-order valence-corrected chi connectivity index (χ1v) is 17.5. The molecule has 5 rings (SSSR count). The molecular formula is C36H41BrClN3O7. The summed E-state index contributed by atoms with van der Waals surface area (Å²) in [5, 5.41) is 12.9. The largest absolute Gasteiger partial charge is 0.455 e. The highest BCUT2D eigenvalue weighted by Gasteiger charge is 2.77. The molecule has 2 bridgehead atoms. The molecule has 2 aromatic rings. The van der Waals surface area contributed by atoms with Crippen LogP contribution >= 0.6 is 27.5 Å². The van der Waals surface area contributed by atoms with Crippen molar-refractivity contribution in [2.45, 2.75) is 60.8 Å². The number of benzene rings is 2. The lowest BCUT2D eigenvalue weighted by atomic mass is 9.70. The average Bonchev–Trinajstić information content (AvgIpc) is 3.68. The summed E-state index contributed by atoms with van der Waals surface area (Å²) < 4.78 is 12.8. The van der Waals surface area contributed by atoms with Crippen LogP contribution in [0.3, 0.4) is 0 Å². The SMILES string of the molecule is C=CCCC(=O)NC[C@@H](OC(=O)[C@H]1[C@@H]2O[C@@]3(CC2Br)[C@@H]1C(=O)N(CCCCO)[C@@H]3C(=O)N(CC=C)c1ccc(Cl)cc1)c1ccccc1. The minimum absolute atomic E-state index is 0.0392. The van der Waals surface area contributed by atoms with E-state index >= 15 is 0 Å². The Kier molecular flexibility index (Phi) is 11.8. The van der Waals surface area contributed by atoms with Gasteiger partial charge < -0.3 is 29.7 Å². The smallest absolute Gasteiger partial charge is 0.313 e. The normalized spacial score (nSPS) is 26.1. The zero-order valence-corrected chi connectivity index (χ0v) is 29.0. The van der Waals surface area contributed by atoms with Crippen molar-refractivity contribution in [1.82, 2.24) is 10.2 Å². The molecule has 3 aliphatic heterocycles. The number of hydrogen-bond donors (Lipinski definition) is 2. The van der Waals surface area contributed by atoms with Crippen LogP contribution in [0.25, 0.3) is 0 Å². The summed E-state index contributed by atoms with van der Waals surface area (Å²) in [5.41, 5.74) is -0.0433. The number of carbonyl (C=O) groups is 4. The molecule has 1 unspecified atom stereocenters. The first kappa shape index (κ1) is 35.8. The Balaban J connectivity index is 1.47. The highest BCUT2D eigenvalue weighted by molar-refractivity contribution is 9.09. The third-order valence-corrected chi connectivity index (χ3v) is 10.4. The van der Waals surface area contributed by atoms with Crippen LogP contribution in [-0.2, 0) is 28.7 Å². The number of ether oxygens (including phenoxy) is 2. The molecule has 0 aromatic heterocycles. The van der Waals surface area contributed by atoms with Crippen LogP contribution in [0.5, 0.6) is 0 Å². The standard InChI is InChI=1S/C36H41BrClN3O7/c1-3-5-13-28(43)39-22-27(23-11-7-6-8-12-23)47-35(46)29-30-33(44)41(19-9-10-20-42)32(36(30)21-26(37)31(29)48-36)34(45)40(18-4-2)25-16-14-24(38)15-17-25/h3-4,6-8,11-12,14-17,26-27,29-32,42H,1-2,5,9-10,13,18-22H2,(H,39,43)/t26?,27-,29-,30+,31-,32-,36+/m1/s1. The van der Waals surface area contributed by atoms with Gasteiger partial charge in [0.1, 0.15) is 17.7 Å². The van der Waals surface area contributed by atoms with Gasteiger partial charge in [-0.3, -0.25) is 19.2 Å². The Labute approximate surface area is 294 Å². The van der Waals surface area contributed by atoms with E-state index in [9.17, 15) is 24.3 Å². The summed E-state index contributed by atoms with van der Waals surface area (Å²) in [4.78, 5) is 58.5. The molecule has 7 atom stereocenters. The van der Waals surface area contributed by atoms with Crippen molar-refractivity contribution >= 4 is 56.9 Å². The van der Waals surface area contributed by atoms with Crippen molar-refractivity contribution in [2.75, 3.05) is 31.1 Å². The molecule has 3 aliphatic rings. The van der Waals surface area contributed by atoms with Crippen LogP contribution in [0, 0.1) is 11.8 Å². The second kappa shape index (κ2) is 15.8. The predicted molar refractivity (Wildman–Crippen MR) is 185 cm³/mol. The van der Waals surface area contributed by atoms with Crippen molar-refractivity contribution in [3.63, 3.8) is 0 Å². The molecule has 3 saturated heterocycles. The average molecular weight is 743 g/mol. The second-order valence-electron chi connectivity index (χ2n) is 12.3. The number of hydrogen-bond acceptors (Lipinski definition) is 7. The Morgan fingerprint density at radius 1 is 1.15 bits per heavy atom. The second-order valence-corrected chi connectivity index (χ2v) is 13.9. The van der Waals surface area contributed by atoms with E-state index < -0.39 is 41.7 Å². The number of aliphatic hydroxyl groups is 1. The van der Waals surface area contributed by atoms with Crippen LogP contribution in [-0.4, -0.2) is 82.5 Å². The number of nitrogens with one attached hydrogen (secondary N) is 1. The molecule has 2 N–H and O–H groups in total. The zero-order chi connectivity index (χ0) is 34.4. The Bertz CT molecular complexity index is 1510. The van der Waals surface area contributed by atoms with Crippen molar-refractivity contribution in [3.8, 4) is 0 Å². The van der Waals surface area contributed by atoms with Crippen molar-refractivity contribution in [2.24, 2.45) is 11.8 Å². The number of halogens is 2. The maximum absolute atomic E-state index is 14.6. The molecule has 0 aliphatic carbocycles. The molecular weight excluding hydrogens is 702 g/mol. The fourth-order valence-corrected chi connectivity index (χ4v) is 8.24. The van der Waals surface area contributed by atoms with Crippen molar-refractivity contribution < 1.29 is 33.8 Å². The van der Waals surface area contributed by atoms with Crippen LogP contribution in [0.1, 0.15) is 43.8 Å². The van der Waals surface area contributed by atoms with E-state index in [4.69, 9.17) is 21.1 Å². The van der Waals surface area contributed by atoms with Crippen LogP contribution in [0.2, 0.25) is 5.02 Å². The molecule has 12 heteroatoms. The molecule has 256 valence electrons. The molecule has 3 fully saturated rings. The lowest BCUT2D eigenvalue weighted by Gasteiger charge is -2.37. The number of carbonyl (C=O) groups excluding carboxylic acids is 4. The van der Waals surface area contributed by atoms with Gasteiger partial charge in [0.05, 0.1) is 24.5 Å². The summed E-state index contributed by atoms with van der Waals surface area (Å²) in [6, 6.07) is 14.9. The van der Waals surface area contributed by atoms with E-state index in [0.29, 0.717) is 42.0 Å². The number of esters is 1. The number of unbranched alkanes of at least 4 members (excludes halogenated alkanes) is 1. The summed E-state index contributed by atoms with van der Waals surface area (Å²) in [6.45, 7) is 7.83. The highest BCUT2D eigenvalue weighted by Crippen LogP contribution is 2.60. The van der Waals surface area contributed by atoms with Crippen LogP contribution in [0.15, 0.2) is 79.9 Å². The molecule has 3 heterocycles. The number of likely N-dealkylation sites (tertiary alicyclic amines) is 1. The number of anilines is 1. The molecule has 3 amide bonds. The topological polar surface area (TPSA) is 125 Å². The number of allylic oxidation sites excluding steroid dienone is 1. The number of rotatable bonds is 16. The number of fused-ring (bicyclic) bond motifs is 1. The third-order valence-electron chi connectivity index (χ3n) is 9.31. The third kappa shape index (κ3) is 7.10. The minimum atomic E-state index is -1.30. The molecule has 48 heavy (non-hydrogen) atoms. The van der Waals surface area contributed by atoms with Crippen molar-refractivity contribution in [3.05, 3.63) is 90.5 Å². The Morgan fingerprint density at radius 3 is 2.54 bits per heavy atom. The number of aliphatic hydroxyl groups excluding tert-OH is 1. The minimum Gasteiger partial charge on any atom is -0.455 e. The van der Waals surface area contributed by atoms with Gasteiger partial charge >= 0.3 is 5.97 Å². The van der Waals surface area contributed by atoms with E-state index in [1.165, 1.54) is 4.90 Å². The molecule has 0 radical (unpaired) electrons. The maximum atomic E-state index is 14.6. The van der Waals surface area contributed by atoms with Crippen LogP contribution in [0.4, 0.5) is 5.69 Å². The van der Waals surface area contributed by atoms with E-state index in [2.05, 4.69) is 34.4 Å². The van der Waals surface area contributed by atoms with Crippen LogP contribution < -0.4 is 10.2 Å². The lowest BCUT2D eigenvalue weighted by Crippen LogP contribution is -2.57. The summed E-state index contributed by atoms with van der Waals surface area (Å²) in [7, 11) is 0. The van der Waals surface area contributed by atoms with Gasteiger partial charge in [-0.15, -0.1) is 13.2 Å². The van der Waals surface area contributed by atoms with Gasteiger partial charge in [0.15, 0.2) is 0 Å². The van der Waals surface area contributed by atoms with Gasteiger partial charge in [0.2, 0.25) is 11.8 Å². The number of nitrogens with zero attached hydrogens (tertiary/aromatic N) is 2. The quantitative estimate of drug-likeness (QED) is 0.110. The molecule has 2 aromatic carbocycles. The van der Waals surface area contributed by atoms with Gasteiger partial charge in [0, 0.05) is 41.7 Å². The molecule has 1 spiro atoms.